The lowest BCUT2D eigenvalue weighted by atomic mass is 10.1. The van der Waals surface area contributed by atoms with Crippen LogP contribution in [-0.2, 0) is 4.74 Å². The van der Waals surface area contributed by atoms with Crippen molar-refractivity contribution in [1.82, 2.24) is 9.88 Å². The number of carbonyl (C=O) groups is 1. The largest absolute Gasteiger partial charge is 0.444 e. The number of aromatic nitrogens is 1. The number of rotatable bonds is 1. The Kier molecular flexibility index (Phi) is 5.18. The summed E-state index contributed by atoms with van der Waals surface area (Å²) in [6, 6.07) is 2.99. The van der Waals surface area contributed by atoms with E-state index in [0.29, 0.717) is 18.9 Å². The molecule has 0 aromatic carbocycles. The Morgan fingerprint density at radius 2 is 1.87 bits per heavy atom. The molecule has 2 rings (SSSR count). The standard InChI is InChI=1S/C16H23BrFN3O2/c1-10-8-20(13-7-6-12(18)14(17)19-13)9-11(2)21(10)15(22)23-16(3,4)5/h6-7,10-11H,8-9H2,1-5H3/t10-,11+. The number of amides is 1. The molecule has 1 saturated heterocycles. The van der Waals surface area contributed by atoms with Crippen molar-refractivity contribution in [1.29, 1.82) is 0 Å². The fourth-order valence-electron chi connectivity index (χ4n) is 2.77. The molecule has 0 unspecified atom stereocenters. The number of ether oxygens (including phenoxy) is 1. The summed E-state index contributed by atoms with van der Waals surface area (Å²) in [6.45, 7) is 10.8. The molecule has 1 aromatic heterocycles. The molecule has 0 aliphatic carbocycles. The molecule has 1 fully saturated rings. The SMILES string of the molecule is C[C@@H]1CN(c2ccc(F)c(Br)n2)C[C@H](C)N1C(=O)OC(C)(C)C. The highest BCUT2D eigenvalue weighted by Gasteiger charge is 2.36. The molecule has 2 atom stereocenters. The van der Waals surface area contributed by atoms with Crippen molar-refractivity contribution in [2.24, 2.45) is 0 Å². The van der Waals surface area contributed by atoms with Crippen molar-refractivity contribution in [2.75, 3.05) is 18.0 Å². The summed E-state index contributed by atoms with van der Waals surface area (Å²) in [7, 11) is 0. The van der Waals surface area contributed by atoms with Crippen LogP contribution in [0.5, 0.6) is 0 Å². The molecule has 1 aliphatic rings. The number of pyridine rings is 1. The molecule has 0 saturated carbocycles. The molecule has 128 valence electrons. The molecule has 7 heteroatoms. The molecule has 0 radical (unpaired) electrons. The van der Waals surface area contributed by atoms with Crippen LogP contribution in [0.2, 0.25) is 0 Å². The molecule has 1 aliphatic heterocycles. The van der Waals surface area contributed by atoms with Crippen molar-refractivity contribution < 1.29 is 13.9 Å². The summed E-state index contributed by atoms with van der Waals surface area (Å²) in [5.74, 6) is 0.308. The summed E-state index contributed by atoms with van der Waals surface area (Å²) in [5, 5.41) is 0. The first-order valence-corrected chi connectivity index (χ1v) is 8.46. The van der Waals surface area contributed by atoms with E-state index < -0.39 is 5.60 Å². The van der Waals surface area contributed by atoms with Crippen LogP contribution in [0.4, 0.5) is 15.0 Å². The Balaban J connectivity index is 2.12. The van der Waals surface area contributed by atoms with Gasteiger partial charge in [-0.2, -0.15) is 0 Å². The van der Waals surface area contributed by atoms with Gasteiger partial charge in [0.15, 0.2) is 5.82 Å². The van der Waals surface area contributed by atoms with Crippen LogP contribution in [0.3, 0.4) is 0 Å². The van der Waals surface area contributed by atoms with E-state index in [0.717, 1.165) is 0 Å². The lowest BCUT2D eigenvalue weighted by Gasteiger charge is -2.44. The van der Waals surface area contributed by atoms with Crippen molar-refractivity contribution >= 4 is 27.8 Å². The second-order valence-electron chi connectivity index (χ2n) is 6.93. The first kappa shape index (κ1) is 18.0. The van der Waals surface area contributed by atoms with Crippen LogP contribution in [0.25, 0.3) is 0 Å². The summed E-state index contributed by atoms with van der Waals surface area (Å²) >= 11 is 3.11. The molecule has 0 spiro atoms. The van der Waals surface area contributed by atoms with Gasteiger partial charge in [-0.1, -0.05) is 0 Å². The Labute approximate surface area is 144 Å². The molecular formula is C16H23BrFN3O2. The Bertz CT molecular complexity index is 579. The van der Waals surface area contributed by atoms with Gasteiger partial charge in [-0.15, -0.1) is 0 Å². The summed E-state index contributed by atoms with van der Waals surface area (Å²) in [6.07, 6.45) is -0.301. The van der Waals surface area contributed by atoms with Crippen LogP contribution in [0, 0.1) is 5.82 Å². The van der Waals surface area contributed by atoms with Gasteiger partial charge in [0, 0.05) is 13.1 Å². The lowest BCUT2D eigenvalue weighted by Crippen LogP contribution is -2.59. The fourth-order valence-corrected chi connectivity index (χ4v) is 3.08. The average molecular weight is 388 g/mol. The maximum absolute atomic E-state index is 13.3. The minimum absolute atomic E-state index is 0.0285. The van der Waals surface area contributed by atoms with Gasteiger partial charge < -0.3 is 9.64 Å². The van der Waals surface area contributed by atoms with E-state index in [9.17, 15) is 9.18 Å². The topological polar surface area (TPSA) is 45.7 Å². The summed E-state index contributed by atoms with van der Waals surface area (Å²) in [4.78, 5) is 20.4. The van der Waals surface area contributed by atoms with E-state index in [1.54, 1.807) is 11.0 Å². The second-order valence-corrected chi connectivity index (χ2v) is 7.68. The number of anilines is 1. The van der Waals surface area contributed by atoms with Crippen LogP contribution in [0.15, 0.2) is 16.7 Å². The highest BCUT2D eigenvalue weighted by Crippen LogP contribution is 2.25. The Hall–Kier alpha value is -1.37. The smallest absolute Gasteiger partial charge is 0.410 e. The fraction of sp³-hybridized carbons (Fsp3) is 0.625. The van der Waals surface area contributed by atoms with Gasteiger partial charge >= 0.3 is 6.09 Å². The van der Waals surface area contributed by atoms with Crippen molar-refractivity contribution in [3.63, 3.8) is 0 Å². The molecule has 1 amide bonds. The average Bonchev–Trinajstić information content (AvgIpc) is 2.38. The summed E-state index contributed by atoms with van der Waals surface area (Å²) < 4.78 is 19.0. The van der Waals surface area contributed by atoms with E-state index in [2.05, 4.69) is 25.8 Å². The predicted octanol–water partition coefficient (Wildman–Crippen LogP) is 3.82. The van der Waals surface area contributed by atoms with Crippen LogP contribution in [-0.4, -0.2) is 46.8 Å². The van der Waals surface area contributed by atoms with Gasteiger partial charge in [-0.25, -0.2) is 14.2 Å². The number of hydrogen-bond acceptors (Lipinski definition) is 4. The molecule has 23 heavy (non-hydrogen) atoms. The molecule has 0 bridgehead atoms. The van der Waals surface area contributed by atoms with E-state index >= 15 is 0 Å². The van der Waals surface area contributed by atoms with Gasteiger partial charge in [-0.3, -0.25) is 4.90 Å². The van der Waals surface area contributed by atoms with Crippen molar-refractivity contribution in [3.8, 4) is 0 Å². The van der Waals surface area contributed by atoms with Gasteiger partial charge in [0.25, 0.3) is 0 Å². The monoisotopic (exact) mass is 387 g/mol. The molecule has 0 N–H and O–H groups in total. The summed E-state index contributed by atoms with van der Waals surface area (Å²) in [5.41, 5.74) is -0.517. The first-order valence-electron chi connectivity index (χ1n) is 7.67. The van der Waals surface area contributed by atoms with Gasteiger partial charge in [0.05, 0.1) is 12.1 Å². The minimum atomic E-state index is -0.517. The van der Waals surface area contributed by atoms with Crippen LogP contribution >= 0.6 is 15.9 Å². The van der Waals surface area contributed by atoms with Gasteiger partial charge in [0.1, 0.15) is 16.0 Å². The van der Waals surface area contributed by atoms with Crippen molar-refractivity contribution in [2.45, 2.75) is 52.3 Å². The molecule has 2 heterocycles. The predicted molar refractivity (Wildman–Crippen MR) is 91.1 cm³/mol. The number of halogens is 2. The number of piperazine rings is 1. The maximum atomic E-state index is 13.3. The second kappa shape index (κ2) is 6.63. The minimum Gasteiger partial charge on any atom is -0.444 e. The third-order valence-electron chi connectivity index (χ3n) is 3.64. The zero-order valence-corrected chi connectivity index (χ0v) is 15.7. The molecule has 5 nitrogen and oxygen atoms in total. The Morgan fingerprint density at radius 3 is 2.35 bits per heavy atom. The number of hydrogen-bond donors (Lipinski definition) is 0. The van der Waals surface area contributed by atoms with E-state index in [1.807, 2.05) is 34.6 Å². The number of carbonyl (C=O) groups excluding carboxylic acids is 1. The van der Waals surface area contributed by atoms with Gasteiger partial charge in [-0.05, 0) is 62.7 Å². The Morgan fingerprint density at radius 1 is 1.30 bits per heavy atom. The highest BCUT2D eigenvalue weighted by atomic mass is 79.9. The first-order chi connectivity index (χ1) is 10.6. The lowest BCUT2D eigenvalue weighted by molar-refractivity contribution is 0.00560. The third-order valence-corrected chi connectivity index (χ3v) is 4.19. The van der Waals surface area contributed by atoms with E-state index in [1.165, 1.54) is 6.07 Å². The maximum Gasteiger partial charge on any atom is 0.410 e. The molecule has 1 aromatic rings. The van der Waals surface area contributed by atoms with Gasteiger partial charge in [0.2, 0.25) is 0 Å². The quantitative estimate of drug-likeness (QED) is 0.687. The molecular weight excluding hydrogens is 365 g/mol. The van der Waals surface area contributed by atoms with E-state index in [4.69, 9.17) is 4.74 Å². The zero-order chi connectivity index (χ0) is 17.4. The van der Waals surface area contributed by atoms with Crippen LogP contribution < -0.4 is 4.90 Å². The normalized spacial score (nSPS) is 22.2. The van der Waals surface area contributed by atoms with Crippen molar-refractivity contribution in [3.05, 3.63) is 22.6 Å². The van der Waals surface area contributed by atoms with Crippen LogP contribution in [0.1, 0.15) is 34.6 Å². The van der Waals surface area contributed by atoms with E-state index in [-0.39, 0.29) is 28.6 Å². The zero-order valence-electron chi connectivity index (χ0n) is 14.1. The third kappa shape index (κ3) is 4.34. The number of nitrogens with zero attached hydrogens (tertiary/aromatic N) is 3. The highest BCUT2D eigenvalue weighted by molar-refractivity contribution is 9.10.